The summed E-state index contributed by atoms with van der Waals surface area (Å²) in [4.78, 5) is 20.5. The maximum Gasteiger partial charge on any atom is 0.270 e. The van der Waals surface area contributed by atoms with E-state index in [1.54, 1.807) is 32.2 Å². The second kappa shape index (κ2) is 7.28. The van der Waals surface area contributed by atoms with Crippen LogP contribution in [0.3, 0.4) is 0 Å². The molecule has 6 nitrogen and oxygen atoms in total. The smallest absolute Gasteiger partial charge is 0.270 e. The molecule has 0 saturated carbocycles. The van der Waals surface area contributed by atoms with Crippen LogP contribution in [0.5, 0.6) is 5.75 Å². The number of rotatable bonds is 5. The molecule has 0 radical (unpaired) electrons. The van der Waals surface area contributed by atoms with Gasteiger partial charge in [0, 0.05) is 17.8 Å². The number of aromatic nitrogens is 2. The van der Waals surface area contributed by atoms with E-state index in [0.29, 0.717) is 28.1 Å². The molecule has 2 N–H and O–H groups in total. The Hall–Kier alpha value is -2.34. The highest BCUT2D eigenvalue weighted by Crippen LogP contribution is 2.28. The minimum absolute atomic E-state index is 0.0366. The first-order chi connectivity index (χ1) is 10.9. The molecule has 23 heavy (non-hydrogen) atoms. The number of benzene rings is 1. The van der Waals surface area contributed by atoms with Gasteiger partial charge < -0.3 is 15.4 Å². The number of amides is 1. The van der Waals surface area contributed by atoms with Gasteiger partial charge in [-0.05, 0) is 39.0 Å². The third-order valence-electron chi connectivity index (χ3n) is 2.91. The molecule has 2 aromatic rings. The van der Waals surface area contributed by atoms with Gasteiger partial charge in [-0.25, -0.2) is 9.97 Å². The van der Waals surface area contributed by atoms with Crippen molar-refractivity contribution < 1.29 is 9.53 Å². The standard InChI is InChI=1S/C16H19ClN4O2/c1-9(2)18-16(22)13-8-15(20-10(3)19-13)21-11-5-6-14(23-4)12(17)7-11/h5-9H,1-4H3,(H,18,22)(H,19,20,21). The zero-order valence-corrected chi connectivity index (χ0v) is 14.2. The van der Waals surface area contributed by atoms with E-state index in [4.69, 9.17) is 16.3 Å². The molecule has 0 atom stereocenters. The van der Waals surface area contributed by atoms with Gasteiger partial charge in [0.15, 0.2) is 0 Å². The highest BCUT2D eigenvalue weighted by atomic mass is 35.5. The van der Waals surface area contributed by atoms with Crippen LogP contribution >= 0.6 is 11.6 Å². The quantitative estimate of drug-likeness (QED) is 0.877. The molecule has 0 aliphatic rings. The number of anilines is 2. The topological polar surface area (TPSA) is 76.1 Å². The van der Waals surface area contributed by atoms with Crippen LogP contribution in [0, 0.1) is 6.92 Å². The van der Waals surface area contributed by atoms with Crippen molar-refractivity contribution in [2.45, 2.75) is 26.8 Å². The van der Waals surface area contributed by atoms with Crippen LogP contribution in [-0.4, -0.2) is 29.0 Å². The Balaban J connectivity index is 2.24. The Kier molecular flexibility index (Phi) is 5.39. The summed E-state index contributed by atoms with van der Waals surface area (Å²) in [6.07, 6.45) is 0. The number of methoxy groups -OCH3 is 1. The van der Waals surface area contributed by atoms with E-state index in [0.717, 1.165) is 5.69 Å². The number of halogens is 1. The molecule has 0 spiro atoms. The molecule has 0 bridgehead atoms. The van der Waals surface area contributed by atoms with Crippen LogP contribution in [0.2, 0.25) is 5.02 Å². The molecule has 1 aromatic heterocycles. The van der Waals surface area contributed by atoms with Crippen molar-refractivity contribution in [3.05, 3.63) is 40.8 Å². The fraction of sp³-hybridized carbons (Fsp3) is 0.312. The molecule has 1 aromatic carbocycles. The second-order valence-electron chi connectivity index (χ2n) is 5.29. The van der Waals surface area contributed by atoms with Crippen molar-refractivity contribution in [3.8, 4) is 5.75 Å². The number of nitrogens with zero attached hydrogens (tertiary/aromatic N) is 2. The van der Waals surface area contributed by atoms with E-state index in [9.17, 15) is 4.79 Å². The van der Waals surface area contributed by atoms with Gasteiger partial charge in [0.1, 0.15) is 23.1 Å². The first-order valence-corrected chi connectivity index (χ1v) is 7.54. The third kappa shape index (κ3) is 4.56. The van der Waals surface area contributed by atoms with Crippen LogP contribution in [0.1, 0.15) is 30.2 Å². The van der Waals surface area contributed by atoms with Gasteiger partial charge in [0.2, 0.25) is 0 Å². The lowest BCUT2D eigenvalue weighted by molar-refractivity contribution is 0.0937. The van der Waals surface area contributed by atoms with Crippen molar-refractivity contribution in [2.75, 3.05) is 12.4 Å². The first-order valence-electron chi connectivity index (χ1n) is 7.16. The lowest BCUT2D eigenvalue weighted by Gasteiger charge is -2.11. The number of carbonyl (C=O) groups is 1. The summed E-state index contributed by atoms with van der Waals surface area (Å²) in [7, 11) is 1.56. The third-order valence-corrected chi connectivity index (χ3v) is 3.21. The molecule has 0 saturated heterocycles. The molecule has 1 amide bonds. The van der Waals surface area contributed by atoms with E-state index in [1.165, 1.54) is 0 Å². The van der Waals surface area contributed by atoms with Gasteiger partial charge >= 0.3 is 0 Å². The van der Waals surface area contributed by atoms with Crippen molar-refractivity contribution >= 4 is 29.0 Å². The zero-order chi connectivity index (χ0) is 17.0. The molecule has 2 rings (SSSR count). The molecule has 0 aliphatic carbocycles. The fourth-order valence-electron chi connectivity index (χ4n) is 1.98. The predicted octanol–water partition coefficient (Wildman–Crippen LogP) is 3.33. The van der Waals surface area contributed by atoms with Gasteiger partial charge in [0.25, 0.3) is 5.91 Å². The lowest BCUT2D eigenvalue weighted by atomic mass is 10.3. The van der Waals surface area contributed by atoms with Crippen molar-refractivity contribution in [3.63, 3.8) is 0 Å². The Morgan fingerprint density at radius 3 is 2.61 bits per heavy atom. The van der Waals surface area contributed by atoms with Crippen LogP contribution in [0.25, 0.3) is 0 Å². The molecular weight excluding hydrogens is 316 g/mol. The van der Waals surface area contributed by atoms with E-state index >= 15 is 0 Å². The molecule has 0 fully saturated rings. The van der Waals surface area contributed by atoms with Gasteiger partial charge in [-0.1, -0.05) is 11.6 Å². The Labute approximate surface area is 140 Å². The Bertz CT molecular complexity index is 719. The van der Waals surface area contributed by atoms with Crippen LogP contribution < -0.4 is 15.4 Å². The number of nitrogens with one attached hydrogen (secondary N) is 2. The summed E-state index contributed by atoms with van der Waals surface area (Å²) in [5, 5.41) is 6.41. The molecule has 122 valence electrons. The zero-order valence-electron chi connectivity index (χ0n) is 13.5. The number of hydrogen-bond donors (Lipinski definition) is 2. The lowest BCUT2D eigenvalue weighted by Crippen LogP contribution is -2.31. The molecule has 7 heteroatoms. The van der Waals surface area contributed by atoms with Gasteiger partial charge in [-0.2, -0.15) is 0 Å². The summed E-state index contributed by atoms with van der Waals surface area (Å²) in [6.45, 7) is 5.52. The SMILES string of the molecule is COc1ccc(Nc2cc(C(=O)NC(C)C)nc(C)n2)cc1Cl. The van der Waals surface area contributed by atoms with Gasteiger partial charge in [-0.3, -0.25) is 4.79 Å². The van der Waals surface area contributed by atoms with Crippen LogP contribution in [-0.2, 0) is 0 Å². The average Bonchev–Trinajstić information content (AvgIpc) is 2.46. The maximum absolute atomic E-state index is 12.1. The van der Waals surface area contributed by atoms with Crippen molar-refractivity contribution in [2.24, 2.45) is 0 Å². The van der Waals surface area contributed by atoms with Crippen molar-refractivity contribution in [1.29, 1.82) is 0 Å². The van der Waals surface area contributed by atoms with Gasteiger partial charge in [-0.15, -0.1) is 0 Å². The van der Waals surface area contributed by atoms with Gasteiger partial charge in [0.05, 0.1) is 12.1 Å². The molecule has 1 heterocycles. The molecule has 0 unspecified atom stereocenters. The first kappa shape index (κ1) is 17.0. The molecular formula is C16H19ClN4O2. The summed E-state index contributed by atoms with van der Waals surface area (Å²) in [5.41, 5.74) is 1.05. The fourth-order valence-corrected chi connectivity index (χ4v) is 2.23. The van der Waals surface area contributed by atoms with Crippen LogP contribution in [0.4, 0.5) is 11.5 Å². The maximum atomic E-state index is 12.1. The van der Waals surface area contributed by atoms with E-state index in [2.05, 4.69) is 20.6 Å². The molecule has 0 aliphatic heterocycles. The van der Waals surface area contributed by atoms with E-state index in [1.807, 2.05) is 19.9 Å². The summed E-state index contributed by atoms with van der Waals surface area (Å²) in [5.74, 6) is 1.38. The minimum atomic E-state index is -0.235. The summed E-state index contributed by atoms with van der Waals surface area (Å²) in [6, 6.07) is 6.94. The highest BCUT2D eigenvalue weighted by molar-refractivity contribution is 6.32. The predicted molar refractivity (Wildman–Crippen MR) is 90.7 cm³/mol. The van der Waals surface area contributed by atoms with Crippen molar-refractivity contribution in [1.82, 2.24) is 15.3 Å². The minimum Gasteiger partial charge on any atom is -0.495 e. The Morgan fingerprint density at radius 2 is 2.00 bits per heavy atom. The summed E-state index contributed by atoms with van der Waals surface area (Å²) < 4.78 is 5.12. The monoisotopic (exact) mass is 334 g/mol. The highest BCUT2D eigenvalue weighted by Gasteiger charge is 2.12. The number of aryl methyl sites for hydroxylation is 1. The second-order valence-corrected chi connectivity index (χ2v) is 5.70. The van der Waals surface area contributed by atoms with E-state index in [-0.39, 0.29) is 11.9 Å². The largest absolute Gasteiger partial charge is 0.495 e. The summed E-state index contributed by atoms with van der Waals surface area (Å²) >= 11 is 6.10. The normalized spacial score (nSPS) is 10.5. The average molecular weight is 335 g/mol. The Morgan fingerprint density at radius 1 is 1.26 bits per heavy atom. The van der Waals surface area contributed by atoms with E-state index < -0.39 is 0 Å². The number of hydrogen-bond acceptors (Lipinski definition) is 5. The van der Waals surface area contributed by atoms with Crippen LogP contribution in [0.15, 0.2) is 24.3 Å². The number of carbonyl (C=O) groups excluding carboxylic acids is 1. The number of ether oxygens (including phenoxy) is 1.